The molecule has 0 radical (unpaired) electrons. The zero-order valence-electron chi connectivity index (χ0n) is 8.82. The van der Waals surface area contributed by atoms with Crippen molar-refractivity contribution in [3.05, 3.63) is 28.4 Å². The van der Waals surface area contributed by atoms with E-state index in [1.54, 1.807) is 0 Å². The lowest BCUT2D eigenvalue weighted by Gasteiger charge is -2.05. The molecule has 0 spiro atoms. The first kappa shape index (κ1) is 12.8. The maximum Gasteiger partial charge on any atom is 0.433 e. The standard InChI is InChI=1S/C9H5BrF3N3O2/c1-18-7(17)5-6-14-4(9(11,12)13)2-3-16(6)8(10)15-5/h2-3H,1H3. The summed E-state index contributed by atoms with van der Waals surface area (Å²) in [4.78, 5) is 18.5. The smallest absolute Gasteiger partial charge is 0.433 e. The van der Waals surface area contributed by atoms with Gasteiger partial charge in [-0.15, -0.1) is 0 Å². The van der Waals surface area contributed by atoms with Crippen molar-refractivity contribution in [1.82, 2.24) is 14.4 Å². The maximum atomic E-state index is 12.5. The molecule has 2 aromatic rings. The van der Waals surface area contributed by atoms with Gasteiger partial charge in [0.2, 0.25) is 0 Å². The highest BCUT2D eigenvalue weighted by atomic mass is 79.9. The van der Waals surface area contributed by atoms with Crippen molar-refractivity contribution in [2.75, 3.05) is 7.11 Å². The van der Waals surface area contributed by atoms with E-state index in [0.717, 1.165) is 19.4 Å². The quantitative estimate of drug-likeness (QED) is 0.756. The van der Waals surface area contributed by atoms with Crippen molar-refractivity contribution in [1.29, 1.82) is 0 Å². The predicted molar refractivity (Wildman–Crippen MR) is 57.0 cm³/mol. The number of ether oxygens (including phenoxy) is 1. The average molecular weight is 324 g/mol. The number of fused-ring (bicyclic) bond motifs is 1. The molecule has 0 aliphatic rings. The van der Waals surface area contributed by atoms with Crippen LogP contribution in [0.25, 0.3) is 5.65 Å². The van der Waals surface area contributed by atoms with E-state index < -0.39 is 17.8 Å². The molecular formula is C9H5BrF3N3O2. The summed E-state index contributed by atoms with van der Waals surface area (Å²) in [6.45, 7) is 0. The van der Waals surface area contributed by atoms with Crippen LogP contribution in [-0.4, -0.2) is 27.4 Å². The monoisotopic (exact) mass is 323 g/mol. The van der Waals surface area contributed by atoms with Crippen LogP contribution in [0.2, 0.25) is 0 Å². The van der Waals surface area contributed by atoms with Crippen LogP contribution in [-0.2, 0) is 10.9 Å². The molecule has 0 aliphatic carbocycles. The Bertz CT molecular complexity index is 623. The van der Waals surface area contributed by atoms with E-state index in [0.29, 0.717) is 0 Å². The highest BCUT2D eigenvalue weighted by molar-refractivity contribution is 9.10. The molecule has 0 aliphatic heterocycles. The average Bonchev–Trinajstić information content (AvgIpc) is 2.64. The second-order valence-corrected chi connectivity index (χ2v) is 3.93. The molecule has 0 saturated heterocycles. The molecule has 0 bridgehead atoms. The third kappa shape index (κ3) is 2.05. The van der Waals surface area contributed by atoms with Crippen LogP contribution in [0.1, 0.15) is 16.2 Å². The Balaban J connectivity index is 2.70. The summed E-state index contributed by atoms with van der Waals surface area (Å²) in [5, 5.41) is 0. The first-order valence-electron chi connectivity index (χ1n) is 4.54. The molecule has 0 aromatic carbocycles. The lowest BCUT2D eigenvalue weighted by atomic mass is 10.4. The molecule has 0 N–H and O–H groups in total. The van der Waals surface area contributed by atoms with Gasteiger partial charge in [-0.25, -0.2) is 14.8 Å². The summed E-state index contributed by atoms with van der Waals surface area (Å²) in [5.41, 5.74) is -1.61. The Kier molecular flexibility index (Phi) is 3.01. The van der Waals surface area contributed by atoms with E-state index in [2.05, 4.69) is 30.6 Å². The molecular weight excluding hydrogens is 319 g/mol. The molecule has 9 heteroatoms. The van der Waals surface area contributed by atoms with Gasteiger partial charge in [0, 0.05) is 6.20 Å². The molecule has 5 nitrogen and oxygen atoms in total. The highest BCUT2D eigenvalue weighted by Crippen LogP contribution is 2.28. The van der Waals surface area contributed by atoms with Crippen molar-refractivity contribution in [2.24, 2.45) is 0 Å². The van der Waals surface area contributed by atoms with Gasteiger partial charge < -0.3 is 4.74 Å². The molecule has 18 heavy (non-hydrogen) atoms. The van der Waals surface area contributed by atoms with Gasteiger partial charge in [-0.3, -0.25) is 4.40 Å². The summed E-state index contributed by atoms with van der Waals surface area (Å²) in [7, 11) is 1.11. The van der Waals surface area contributed by atoms with Gasteiger partial charge in [-0.1, -0.05) is 0 Å². The largest absolute Gasteiger partial charge is 0.464 e. The van der Waals surface area contributed by atoms with E-state index in [9.17, 15) is 18.0 Å². The lowest BCUT2D eigenvalue weighted by Crippen LogP contribution is -2.10. The van der Waals surface area contributed by atoms with Gasteiger partial charge in [0.25, 0.3) is 0 Å². The molecule has 2 rings (SSSR count). The van der Waals surface area contributed by atoms with E-state index in [4.69, 9.17) is 0 Å². The molecule has 0 atom stereocenters. The van der Waals surface area contributed by atoms with Crippen LogP contribution >= 0.6 is 15.9 Å². The van der Waals surface area contributed by atoms with Crippen molar-refractivity contribution in [3.63, 3.8) is 0 Å². The van der Waals surface area contributed by atoms with Gasteiger partial charge in [-0.2, -0.15) is 13.2 Å². The Morgan fingerprint density at radius 1 is 1.44 bits per heavy atom. The Labute approximate surface area is 107 Å². The third-order valence-corrected chi connectivity index (χ3v) is 2.68. The number of carbonyl (C=O) groups excluding carboxylic acids is 1. The van der Waals surface area contributed by atoms with Crippen molar-refractivity contribution in [3.8, 4) is 0 Å². The van der Waals surface area contributed by atoms with Crippen LogP contribution in [0.15, 0.2) is 17.0 Å². The molecule has 0 unspecified atom stereocenters. The van der Waals surface area contributed by atoms with Gasteiger partial charge >= 0.3 is 12.1 Å². The number of alkyl halides is 3. The topological polar surface area (TPSA) is 56.5 Å². The second-order valence-electron chi connectivity index (χ2n) is 3.23. The van der Waals surface area contributed by atoms with Gasteiger partial charge in [0.05, 0.1) is 7.11 Å². The molecule has 96 valence electrons. The SMILES string of the molecule is COC(=O)c1nc(Br)n2ccc(C(F)(F)F)nc12. The van der Waals surface area contributed by atoms with E-state index in [-0.39, 0.29) is 16.1 Å². The fourth-order valence-electron chi connectivity index (χ4n) is 1.32. The number of imidazole rings is 1. The number of hydrogen-bond donors (Lipinski definition) is 0. The van der Waals surface area contributed by atoms with Gasteiger partial charge in [0.1, 0.15) is 5.69 Å². The third-order valence-electron chi connectivity index (χ3n) is 2.12. The minimum absolute atomic E-state index is 0.166. The molecule has 2 aromatic heterocycles. The van der Waals surface area contributed by atoms with Crippen LogP contribution in [0.5, 0.6) is 0 Å². The van der Waals surface area contributed by atoms with Crippen molar-refractivity contribution >= 4 is 27.5 Å². The number of rotatable bonds is 1. The summed E-state index contributed by atoms with van der Waals surface area (Å²) < 4.78 is 43.4. The Morgan fingerprint density at radius 2 is 2.11 bits per heavy atom. The van der Waals surface area contributed by atoms with Crippen LogP contribution < -0.4 is 0 Å². The number of esters is 1. The number of aromatic nitrogens is 3. The molecule has 0 saturated carbocycles. The number of halogens is 4. The summed E-state index contributed by atoms with van der Waals surface area (Å²) in [5.74, 6) is -0.856. The fraction of sp³-hybridized carbons (Fsp3) is 0.222. The Morgan fingerprint density at radius 3 is 2.67 bits per heavy atom. The first-order chi connectivity index (χ1) is 8.34. The van der Waals surface area contributed by atoms with E-state index >= 15 is 0 Å². The van der Waals surface area contributed by atoms with E-state index in [1.165, 1.54) is 4.40 Å². The van der Waals surface area contributed by atoms with Crippen molar-refractivity contribution in [2.45, 2.75) is 6.18 Å². The minimum Gasteiger partial charge on any atom is -0.464 e. The first-order valence-corrected chi connectivity index (χ1v) is 5.34. The minimum atomic E-state index is -4.59. The summed E-state index contributed by atoms with van der Waals surface area (Å²) in [6.07, 6.45) is -3.47. The number of carbonyl (C=O) groups is 1. The second kappa shape index (κ2) is 4.23. The predicted octanol–water partition coefficient (Wildman–Crippen LogP) is 2.30. The van der Waals surface area contributed by atoms with Crippen LogP contribution in [0.3, 0.4) is 0 Å². The zero-order chi connectivity index (χ0) is 13.5. The molecule has 2 heterocycles. The van der Waals surface area contributed by atoms with Crippen LogP contribution in [0, 0.1) is 0 Å². The number of hydrogen-bond acceptors (Lipinski definition) is 4. The number of methoxy groups -OCH3 is 1. The summed E-state index contributed by atoms with van der Waals surface area (Å²) in [6, 6.07) is 0.792. The number of nitrogens with zero attached hydrogens (tertiary/aromatic N) is 3. The highest BCUT2D eigenvalue weighted by Gasteiger charge is 2.33. The van der Waals surface area contributed by atoms with Gasteiger partial charge in [-0.05, 0) is 22.0 Å². The van der Waals surface area contributed by atoms with E-state index in [1.807, 2.05) is 0 Å². The zero-order valence-corrected chi connectivity index (χ0v) is 10.4. The summed E-state index contributed by atoms with van der Waals surface area (Å²) >= 11 is 3.01. The van der Waals surface area contributed by atoms with Gasteiger partial charge in [0.15, 0.2) is 16.1 Å². The normalized spacial score (nSPS) is 11.8. The lowest BCUT2D eigenvalue weighted by molar-refractivity contribution is -0.141. The molecule has 0 amide bonds. The molecule has 0 fully saturated rings. The maximum absolute atomic E-state index is 12.5. The Hall–Kier alpha value is -1.64. The van der Waals surface area contributed by atoms with Crippen molar-refractivity contribution < 1.29 is 22.7 Å². The fourth-order valence-corrected chi connectivity index (χ4v) is 1.79. The van der Waals surface area contributed by atoms with Crippen LogP contribution in [0.4, 0.5) is 13.2 Å².